The molecule has 170 valence electrons. The minimum atomic E-state index is -0.208. The number of urea groups is 1. The van der Waals surface area contributed by atoms with Crippen molar-refractivity contribution in [2.75, 3.05) is 44.2 Å². The van der Waals surface area contributed by atoms with Crippen molar-refractivity contribution in [2.24, 2.45) is 5.92 Å². The summed E-state index contributed by atoms with van der Waals surface area (Å²) in [6, 6.07) is 18.6. The van der Waals surface area contributed by atoms with E-state index in [9.17, 15) is 9.59 Å². The number of amides is 3. The van der Waals surface area contributed by atoms with Gasteiger partial charge in [-0.3, -0.25) is 4.79 Å². The van der Waals surface area contributed by atoms with Crippen LogP contribution in [0.25, 0.3) is 0 Å². The van der Waals surface area contributed by atoms with Gasteiger partial charge in [-0.1, -0.05) is 48.5 Å². The van der Waals surface area contributed by atoms with Gasteiger partial charge >= 0.3 is 6.03 Å². The van der Waals surface area contributed by atoms with Crippen LogP contribution in [0.3, 0.4) is 0 Å². The number of carbonyl (C=O) groups excluding carboxylic acids is 2. The minimum Gasteiger partial charge on any atom is -0.368 e. The van der Waals surface area contributed by atoms with Crippen LogP contribution < -0.4 is 10.2 Å². The summed E-state index contributed by atoms with van der Waals surface area (Å²) >= 11 is 0. The van der Waals surface area contributed by atoms with Crippen LogP contribution in [0.1, 0.15) is 30.9 Å². The Morgan fingerprint density at radius 1 is 0.875 bits per heavy atom. The summed E-state index contributed by atoms with van der Waals surface area (Å²) in [5.41, 5.74) is 3.64. The molecular formula is C26H34N4O2. The van der Waals surface area contributed by atoms with Gasteiger partial charge in [-0.2, -0.15) is 0 Å². The highest BCUT2D eigenvalue weighted by atomic mass is 16.2. The quantitative estimate of drug-likeness (QED) is 0.802. The Hall–Kier alpha value is -3.02. The average molecular weight is 435 g/mol. The third-order valence-electron chi connectivity index (χ3n) is 6.61. The Kier molecular flexibility index (Phi) is 6.68. The molecule has 0 bridgehead atoms. The molecule has 2 heterocycles. The lowest BCUT2D eigenvalue weighted by molar-refractivity contribution is -0.135. The normalized spacial score (nSPS) is 21.2. The van der Waals surface area contributed by atoms with Crippen molar-refractivity contribution in [1.29, 1.82) is 0 Å². The highest BCUT2D eigenvalue weighted by Crippen LogP contribution is 2.34. The summed E-state index contributed by atoms with van der Waals surface area (Å²) in [6.07, 6.45) is 0. The first kappa shape index (κ1) is 22.2. The monoisotopic (exact) mass is 434 g/mol. The zero-order chi connectivity index (χ0) is 22.7. The maximum absolute atomic E-state index is 13.6. The van der Waals surface area contributed by atoms with Crippen LogP contribution in [0.5, 0.6) is 0 Å². The van der Waals surface area contributed by atoms with E-state index in [1.807, 2.05) is 41.8 Å². The molecule has 2 fully saturated rings. The molecule has 2 aromatic carbocycles. The van der Waals surface area contributed by atoms with Gasteiger partial charge in [0, 0.05) is 56.9 Å². The fourth-order valence-corrected chi connectivity index (χ4v) is 4.92. The van der Waals surface area contributed by atoms with Crippen LogP contribution in [0, 0.1) is 12.8 Å². The Labute approximate surface area is 191 Å². The van der Waals surface area contributed by atoms with Crippen molar-refractivity contribution < 1.29 is 9.59 Å². The van der Waals surface area contributed by atoms with Crippen molar-refractivity contribution >= 4 is 17.6 Å². The van der Waals surface area contributed by atoms with E-state index in [0.29, 0.717) is 26.2 Å². The van der Waals surface area contributed by atoms with E-state index in [1.54, 1.807) is 0 Å². The lowest BCUT2D eigenvalue weighted by Gasteiger charge is -2.38. The second-order valence-electron chi connectivity index (χ2n) is 9.23. The number of nitrogens with zero attached hydrogens (tertiary/aromatic N) is 3. The van der Waals surface area contributed by atoms with Crippen LogP contribution in [-0.4, -0.2) is 67.0 Å². The number of carbonyl (C=O) groups is 2. The number of hydrogen-bond donors (Lipinski definition) is 1. The molecule has 2 aliphatic rings. The topological polar surface area (TPSA) is 55.9 Å². The van der Waals surface area contributed by atoms with Crippen molar-refractivity contribution in [3.8, 4) is 0 Å². The van der Waals surface area contributed by atoms with Crippen molar-refractivity contribution in [3.05, 3.63) is 65.7 Å². The van der Waals surface area contributed by atoms with E-state index in [0.717, 1.165) is 18.7 Å². The number of para-hydroxylation sites is 1. The molecule has 0 radical (unpaired) electrons. The standard InChI is InChI=1S/C26H34N4O2/c1-19(2)27-26(32)30-17-22(21-10-5-4-6-11-21)23(18-30)25(31)29-15-13-28(14-16-29)24-12-8-7-9-20(24)3/h4-12,19,22-23H,13-18H2,1-3H3,(H,27,32). The van der Waals surface area contributed by atoms with Crippen molar-refractivity contribution in [2.45, 2.75) is 32.7 Å². The Balaban J connectivity index is 1.47. The summed E-state index contributed by atoms with van der Waals surface area (Å²) in [7, 11) is 0. The van der Waals surface area contributed by atoms with Gasteiger partial charge in [0.25, 0.3) is 0 Å². The maximum atomic E-state index is 13.6. The summed E-state index contributed by atoms with van der Waals surface area (Å²) in [5, 5.41) is 2.98. The Bertz CT molecular complexity index is 938. The van der Waals surface area contributed by atoms with Gasteiger partial charge in [0.1, 0.15) is 0 Å². The van der Waals surface area contributed by atoms with Crippen molar-refractivity contribution in [3.63, 3.8) is 0 Å². The molecule has 2 saturated heterocycles. The van der Waals surface area contributed by atoms with E-state index >= 15 is 0 Å². The number of hydrogen-bond acceptors (Lipinski definition) is 3. The fraction of sp³-hybridized carbons (Fsp3) is 0.462. The first-order chi connectivity index (χ1) is 15.4. The van der Waals surface area contributed by atoms with Gasteiger partial charge in [-0.15, -0.1) is 0 Å². The number of rotatable bonds is 4. The molecular weight excluding hydrogens is 400 g/mol. The largest absolute Gasteiger partial charge is 0.368 e. The molecule has 2 atom stereocenters. The van der Waals surface area contributed by atoms with Crippen molar-refractivity contribution in [1.82, 2.24) is 15.1 Å². The molecule has 0 saturated carbocycles. The van der Waals surface area contributed by atoms with Crippen LogP contribution >= 0.6 is 0 Å². The Morgan fingerprint density at radius 3 is 2.19 bits per heavy atom. The van der Waals surface area contributed by atoms with Crippen LogP contribution in [0.4, 0.5) is 10.5 Å². The summed E-state index contributed by atoms with van der Waals surface area (Å²) in [6.45, 7) is 10.2. The number of likely N-dealkylation sites (tertiary alicyclic amines) is 1. The SMILES string of the molecule is Cc1ccccc1N1CCN(C(=O)C2CN(C(=O)NC(C)C)CC2c2ccccc2)CC1. The molecule has 32 heavy (non-hydrogen) atoms. The first-order valence-corrected chi connectivity index (χ1v) is 11.6. The summed E-state index contributed by atoms with van der Waals surface area (Å²) in [5.74, 6) is -0.0144. The molecule has 0 aromatic heterocycles. The fourth-order valence-electron chi connectivity index (χ4n) is 4.92. The van der Waals surface area contributed by atoms with Gasteiger partial charge in [0.15, 0.2) is 0 Å². The lowest BCUT2D eigenvalue weighted by Crippen LogP contribution is -2.51. The zero-order valence-corrected chi connectivity index (χ0v) is 19.3. The van der Waals surface area contributed by atoms with Gasteiger partial charge in [-0.05, 0) is 38.0 Å². The van der Waals surface area contributed by atoms with Gasteiger partial charge < -0.3 is 20.0 Å². The lowest BCUT2D eigenvalue weighted by atomic mass is 9.88. The third kappa shape index (κ3) is 4.74. The summed E-state index contributed by atoms with van der Waals surface area (Å²) < 4.78 is 0. The van der Waals surface area contributed by atoms with Crippen LogP contribution in [0.2, 0.25) is 0 Å². The minimum absolute atomic E-state index is 0.0241. The predicted molar refractivity (Wildman–Crippen MR) is 128 cm³/mol. The molecule has 0 spiro atoms. The van der Waals surface area contributed by atoms with E-state index in [1.165, 1.54) is 11.3 Å². The third-order valence-corrected chi connectivity index (χ3v) is 6.61. The molecule has 1 N–H and O–H groups in total. The smallest absolute Gasteiger partial charge is 0.317 e. The summed E-state index contributed by atoms with van der Waals surface area (Å²) in [4.78, 5) is 32.5. The van der Waals surface area contributed by atoms with E-state index in [-0.39, 0.29) is 29.8 Å². The molecule has 2 unspecified atom stereocenters. The molecule has 0 aliphatic carbocycles. The number of benzene rings is 2. The van der Waals surface area contributed by atoms with E-state index in [4.69, 9.17) is 0 Å². The van der Waals surface area contributed by atoms with Gasteiger partial charge in [0.2, 0.25) is 5.91 Å². The maximum Gasteiger partial charge on any atom is 0.317 e. The molecule has 2 aromatic rings. The van der Waals surface area contributed by atoms with Gasteiger partial charge in [0.05, 0.1) is 5.92 Å². The highest BCUT2D eigenvalue weighted by Gasteiger charge is 2.42. The molecule has 6 heteroatoms. The number of anilines is 1. The second-order valence-corrected chi connectivity index (χ2v) is 9.23. The van der Waals surface area contributed by atoms with E-state index in [2.05, 4.69) is 53.5 Å². The van der Waals surface area contributed by atoms with E-state index < -0.39 is 0 Å². The van der Waals surface area contributed by atoms with Crippen LogP contribution in [-0.2, 0) is 4.79 Å². The number of aryl methyl sites for hydroxylation is 1. The van der Waals surface area contributed by atoms with Crippen LogP contribution in [0.15, 0.2) is 54.6 Å². The number of piperazine rings is 1. The molecule has 2 aliphatic heterocycles. The van der Waals surface area contributed by atoms with Gasteiger partial charge in [-0.25, -0.2) is 4.79 Å². The molecule has 3 amide bonds. The molecule has 6 nitrogen and oxygen atoms in total. The first-order valence-electron chi connectivity index (χ1n) is 11.6. The average Bonchev–Trinajstić information content (AvgIpc) is 3.25. The second kappa shape index (κ2) is 9.63. The number of nitrogens with one attached hydrogen (secondary N) is 1. The Morgan fingerprint density at radius 2 is 1.53 bits per heavy atom. The predicted octanol–water partition coefficient (Wildman–Crippen LogP) is 3.48. The zero-order valence-electron chi connectivity index (χ0n) is 19.3. The highest BCUT2D eigenvalue weighted by molar-refractivity contribution is 5.83. The molecule has 4 rings (SSSR count).